The molecule has 4 nitrogen and oxygen atoms in total. The third-order valence-corrected chi connectivity index (χ3v) is 4.40. The molecule has 0 heterocycles. The van der Waals surface area contributed by atoms with Crippen LogP contribution in [-0.4, -0.2) is 19.3 Å². The quantitative estimate of drug-likeness (QED) is 0.384. The zero-order valence-electron chi connectivity index (χ0n) is 14.8. The van der Waals surface area contributed by atoms with Gasteiger partial charge in [0.05, 0.1) is 18.4 Å². The molecule has 0 unspecified atom stereocenters. The first-order chi connectivity index (χ1) is 13.2. The van der Waals surface area contributed by atoms with E-state index in [9.17, 15) is 4.79 Å². The third kappa shape index (κ3) is 5.28. The number of benzene rings is 3. The van der Waals surface area contributed by atoms with Crippen LogP contribution in [0.2, 0.25) is 0 Å². The van der Waals surface area contributed by atoms with Gasteiger partial charge in [-0.2, -0.15) is 0 Å². The van der Waals surface area contributed by atoms with Crippen molar-refractivity contribution in [3.8, 4) is 5.75 Å². The van der Waals surface area contributed by atoms with Gasteiger partial charge in [-0.1, -0.05) is 40.2 Å². The van der Waals surface area contributed by atoms with Gasteiger partial charge in [0.25, 0.3) is 0 Å². The molecular formula is C22H18BrNO3. The summed E-state index contributed by atoms with van der Waals surface area (Å²) >= 11 is 3.41. The largest absolute Gasteiger partial charge is 0.488 e. The van der Waals surface area contributed by atoms with Crippen LogP contribution < -0.4 is 4.74 Å². The van der Waals surface area contributed by atoms with Crippen LogP contribution in [-0.2, 0) is 11.3 Å². The SMILES string of the molecule is COC(=O)c1ccc(COc2ccccc2C=Nc2ccc(Br)cc2)cc1. The van der Waals surface area contributed by atoms with Crippen molar-refractivity contribution in [2.24, 2.45) is 4.99 Å². The summed E-state index contributed by atoms with van der Waals surface area (Å²) in [6, 6.07) is 22.7. The lowest BCUT2D eigenvalue weighted by Gasteiger charge is -2.09. The summed E-state index contributed by atoms with van der Waals surface area (Å²) in [5.41, 5.74) is 3.24. The van der Waals surface area contributed by atoms with E-state index in [2.05, 4.69) is 20.9 Å². The highest BCUT2D eigenvalue weighted by atomic mass is 79.9. The molecular weight excluding hydrogens is 406 g/mol. The predicted molar refractivity (Wildman–Crippen MR) is 110 cm³/mol. The van der Waals surface area contributed by atoms with Gasteiger partial charge in [0.1, 0.15) is 12.4 Å². The zero-order valence-corrected chi connectivity index (χ0v) is 16.3. The van der Waals surface area contributed by atoms with Crippen molar-refractivity contribution in [1.29, 1.82) is 0 Å². The summed E-state index contributed by atoms with van der Waals surface area (Å²) in [5.74, 6) is 0.396. The summed E-state index contributed by atoms with van der Waals surface area (Å²) in [7, 11) is 1.37. The molecule has 0 aromatic heterocycles. The van der Waals surface area contributed by atoms with E-state index in [-0.39, 0.29) is 5.97 Å². The molecule has 0 amide bonds. The van der Waals surface area contributed by atoms with E-state index in [0.29, 0.717) is 12.2 Å². The molecule has 5 heteroatoms. The molecule has 0 N–H and O–H groups in total. The minimum absolute atomic E-state index is 0.350. The van der Waals surface area contributed by atoms with E-state index in [1.54, 1.807) is 18.3 Å². The highest BCUT2D eigenvalue weighted by molar-refractivity contribution is 9.10. The van der Waals surface area contributed by atoms with Crippen molar-refractivity contribution in [2.45, 2.75) is 6.61 Å². The van der Waals surface area contributed by atoms with Gasteiger partial charge in [0.15, 0.2) is 0 Å². The molecule has 0 aliphatic heterocycles. The number of aliphatic imine (C=N–C) groups is 1. The van der Waals surface area contributed by atoms with Gasteiger partial charge >= 0.3 is 5.97 Å². The molecule has 0 aliphatic rings. The highest BCUT2D eigenvalue weighted by Gasteiger charge is 2.05. The molecule has 0 saturated heterocycles. The molecule has 0 spiro atoms. The van der Waals surface area contributed by atoms with Crippen LogP contribution in [0.1, 0.15) is 21.5 Å². The van der Waals surface area contributed by atoms with Crippen LogP contribution >= 0.6 is 15.9 Å². The van der Waals surface area contributed by atoms with Gasteiger partial charge in [-0.3, -0.25) is 4.99 Å². The Kier molecular flexibility index (Phi) is 6.39. The number of hydrogen-bond acceptors (Lipinski definition) is 4. The maximum absolute atomic E-state index is 11.5. The second-order valence-corrected chi connectivity index (χ2v) is 6.67. The molecule has 136 valence electrons. The van der Waals surface area contributed by atoms with Crippen molar-refractivity contribution in [2.75, 3.05) is 7.11 Å². The Morgan fingerprint density at radius 1 is 1.00 bits per heavy atom. The van der Waals surface area contributed by atoms with Crippen molar-refractivity contribution >= 4 is 33.8 Å². The number of hydrogen-bond donors (Lipinski definition) is 0. The fourth-order valence-electron chi connectivity index (χ4n) is 2.41. The summed E-state index contributed by atoms with van der Waals surface area (Å²) in [4.78, 5) is 16.0. The Bertz CT molecular complexity index is 935. The van der Waals surface area contributed by atoms with Crippen molar-refractivity contribution in [1.82, 2.24) is 0 Å². The zero-order chi connectivity index (χ0) is 19.1. The molecule has 27 heavy (non-hydrogen) atoms. The number of methoxy groups -OCH3 is 1. The second kappa shape index (κ2) is 9.14. The molecule has 0 atom stereocenters. The molecule has 0 radical (unpaired) electrons. The van der Waals surface area contributed by atoms with Crippen LogP contribution in [0, 0.1) is 0 Å². The minimum Gasteiger partial charge on any atom is -0.488 e. The normalized spacial score (nSPS) is 10.7. The number of rotatable bonds is 6. The predicted octanol–water partition coefficient (Wildman–Crippen LogP) is 5.57. The third-order valence-electron chi connectivity index (χ3n) is 3.87. The van der Waals surface area contributed by atoms with Gasteiger partial charge in [-0.05, 0) is 54.1 Å². The van der Waals surface area contributed by atoms with E-state index < -0.39 is 0 Å². The van der Waals surface area contributed by atoms with E-state index in [4.69, 9.17) is 9.47 Å². The molecule has 0 fully saturated rings. The number of para-hydroxylation sites is 1. The summed E-state index contributed by atoms with van der Waals surface area (Å²) in [6.07, 6.45) is 1.79. The van der Waals surface area contributed by atoms with Gasteiger partial charge in [-0.15, -0.1) is 0 Å². The smallest absolute Gasteiger partial charge is 0.337 e. The summed E-state index contributed by atoms with van der Waals surface area (Å²) < 4.78 is 11.7. The Balaban J connectivity index is 1.69. The Morgan fingerprint density at radius 3 is 2.41 bits per heavy atom. The average Bonchev–Trinajstić information content (AvgIpc) is 2.72. The standard InChI is InChI=1S/C22H18BrNO3/c1-26-22(25)17-8-6-16(7-9-17)15-27-21-5-3-2-4-18(21)14-24-20-12-10-19(23)11-13-20/h2-14H,15H2,1H3. The molecule has 3 aromatic carbocycles. The van der Waals surface area contributed by atoms with Crippen LogP contribution in [0.5, 0.6) is 5.75 Å². The number of halogens is 1. The van der Waals surface area contributed by atoms with Crippen LogP contribution in [0.4, 0.5) is 5.69 Å². The maximum atomic E-state index is 11.5. The van der Waals surface area contributed by atoms with Crippen molar-refractivity contribution in [3.05, 3.63) is 94.0 Å². The Labute approximate surface area is 166 Å². The Morgan fingerprint density at radius 2 is 1.70 bits per heavy atom. The van der Waals surface area contributed by atoms with Gasteiger partial charge in [-0.25, -0.2) is 4.79 Å². The fourth-order valence-corrected chi connectivity index (χ4v) is 2.67. The monoisotopic (exact) mass is 423 g/mol. The lowest BCUT2D eigenvalue weighted by Crippen LogP contribution is -2.02. The lowest BCUT2D eigenvalue weighted by atomic mass is 10.1. The number of carbonyl (C=O) groups is 1. The van der Waals surface area contributed by atoms with Crippen LogP contribution in [0.3, 0.4) is 0 Å². The van der Waals surface area contributed by atoms with Crippen molar-refractivity contribution in [3.63, 3.8) is 0 Å². The molecule has 0 saturated carbocycles. The molecule has 0 bridgehead atoms. The molecule has 0 aliphatic carbocycles. The van der Waals surface area contributed by atoms with E-state index in [1.807, 2.05) is 60.7 Å². The number of carbonyl (C=O) groups excluding carboxylic acids is 1. The molecule has 3 aromatic rings. The second-order valence-electron chi connectivity index (χ2n) is 5.75. The van der Waals surface area contributed by atoms with Gasteiger partial charge in [0, 0.05) is 16.3 Å². The average molecular weight is 424 g/mol. The first-order valence-corrected chi connectivity index (χ1v) is 9.14. The van der Waals surface area contributed by atoms with E-state index in [0.717, 1.165) is 27.0 Å². The van der Waals surface area contributed by atoms with Gasteiger partial charge < -0.3 is 9.47 Å². The maximum Gasteiger partial charge on any atom is 0.337 e. The topological polar surface area (TPSA) is 47.9 Å². The van der Waals surface area contributed by atoms with Crippen molar-refractivity contribution < 1.29 is 14.3 Å². The summed E-state index contributed by atoms with van der Waals surface area (Å²) in [6.45, 7) is 0.393. The number of nitrogens with zero attached hydrogens (tertiary/aromatic N) is 1. The van der Waals surface area contributed by atoms with Crippen LogP contribution in [0.15, 0.2) is 82.3 Å². The Hall–Kier alpha value is -2.92. The number of ether oxygens (including phenoxy) is 2. The summed E-state index contributed by atoms with van der Waals surface area (Å²) in [5, 5.41) is 0. The minimum atomic E-state index is -0.350. The van der Waals surface area contributed by atoms with Gasteiger partial charge in [0.2, 0.25) is 0 Å². The highest BCUT2D eigenvalue weighted by Crippen LogP contribution is 2.21. The number of esters is 1. The first-order valence-electron chi connectivity index (χ1n) is 8.34. The fraction of sp³-hybridized carbons (Fsp3) is 0.0909. The van der Waals surface area contributed by atoms with E-state index >= 15 is 0 Å². The molecule has 3 rings (SSSR count). The van der Waals surface area contributed by atoms with Crippen LogP contribution in [0.25, 0.3) is 0 Å². The first kappa shape index (κ1) is 18.9. The van der Waals surface area contributed by atoms with E-state index in [1.165, 1.54) is 7.11 Å². The lowest BCUT2D eigenvalue weighted by molar-refractivity contribution is 0.0600.